The fraction of sp³-hybridized carbons (Fsp3) is 0.571. The van der Waals surface area contributed by atoms with Crippen LogP contribution in [0, 0.1) is 5.92 Å². The minimum atomic E-state index is -0.221. The molecule has 1 aromatic rings. The average Bonchev–Trinajstić information content (AvgIpc) is 2.30. The van der Waals surface area contributed by atoms with E-state index in [1.54, 1.807) is 0 Å². The zero-order chi connectivity index (χ0) is 12.1. The Kier molecular flexibility index (Phi) is 5.20. The van der Waals surface area contributed by atoms with Crippen LogP contribution in [0.3, 0.4) is 0 Å². The Labute approximate surface area is 113 Å². The zero-order valence-corrected chi connectivity index (χ0v) is 11.5. The maximum Gasteiger partial charge on any atom is 0.0583 e. The van der Waals surface area contributed by atoms with E-state index in [2.05, 4.69) is 0 Å². The predicted molar refractivity (Wildman–Crippen MR) is 75.8 cm³/mol. The normalized spacial score (nSPS) is 19.2. The fourth-order valence-electron chi connectivity index (χ4n) is 2.39. The molecule has 0 aromatic heterocycles. The minimum Gasteiger partial charge on any atom is -0.393 e. The van der Waals surface area contributed by atoms with Crippen molar-refractivity contribution in [2.45, 2.75) is 31.8 Å². The van der Waals surface area contributed by atoms with Crippen molar-refractivity contribution in [3.8, 4) is 0 Å². The standard InChI is InChI=1S/C14H19ClOS/c15-13-3-1-2-12(8-13)10-14(16)9-11-4-6-17-7-5-11/h1-3,8,11,14,16H,4-7,9-10H2. The topological polar surface area (TPSA) is 20.2 Å². The number of thioether (sulfide) groups is 1. The van der Waals surface area contributed by atoms with E-state index in [4.69, 9.17) is 11.6 Å². The van der Waals surface area contributed by atoms with Crippen LogP contribution in [0.5, 0.6) is 0 Å². The molecule has 1 fully saturated rings. The first-order valence-electron chi connectivity index (χ1n) is 6.24. The molecule has 0 radical (unpaired) electrons. The lowest BCUT2D eigenvalue weighted by Crippen LogP contribution is -2.19. The molecule has 1 atom stereocenters. The lowest BCUT2D eigenvalue weighted by molar-refractivity contribution is 0.139. The van der Waals surface area contributed by atoms with E-state index < -0.39 is 0 Å². The van der Waals surface area contributed by atoms with Crippen molar-refractivity contribution in [1.82, 2.24) is 0 Å². The summed E-state index contributed by atoms with van der Waals surface area (Å²) in [4.78, 5) is 0. The van der Waals surface area contributed by atoms with E-state index in [-0.39, 0.29) is 6.10 Å². The van der Waals surface area contributed by atoms with Crippen LogP contribution < -0.4 is 0 Å². The number of aliphatic hydroxyl groups is 1. The summed E-state index contributed by atoms with van der Waals surface area (Å²) in [5.41, 5.74) is 1.13. The lowest BCUT2D eigenvalue weighted by atomic mass is 9.93. The Bertz CT molecular complexity index is 350. The molecule has 0 bridgehead atoms. The molecule has 2 rings (SSSR count). The number of hydrogen-bond donors (Lipinski definition) is 1. The van der Waals surface area contributed by atoms with Gasteiger partial charge in [-0.2, -0.15) is 11.8 Å². The maximum absolute atomic E-state index is 10.1. The van der Waals surface area contributed by atoms with Gasteiger partial charge in [-0.3, -0.25) is 0 Å². The summed E-state index contributed by atoms with van der Waals surface area (Å²) in [5, 5.41) is 10.8. The summed E-state index contributed by atoms with van der Waals surface area (Å²) in [5.74, 6) is 3.23. The Balaban J connectivity index is 1.82. The quantitative estimate of drug-likeness (QED) is 0.899. The highest BCUT2D eigenvalue weighted by molar-refractivity contribution is 7.99. The maximum atomic E-state index is 10.1. The lowest BCUT2D eigenvalue weighted by Gasteiger charge is -2.23. The molecule has 94 valence electrons. The molecule has 1 aliphatic rings. The Hall–Kier alpha value is -0.180. The van der Waals surface area contributed by atoms with Crippen molar-refractivity contribution in [2.24, 2.45) is 5.92 Å². The molecule has 1 saturated heterocycles. The fourth-order valence-corrected chi connectivity index (χ4v) is 3.80. The Morgan fingerprint density at radius 1 is 1.35 bits per heavy atom. The monoisotopic (exact) mass is 270 g/mol. The molecule has 1 nitrogen and oxygen atoms in total. The van der Waals surface area contributed by atoms with Crippen molar-refractivity contribution in [1.29, 1.82) is 0 Å². The summed E-state index contributed by atoms with van der Waals surface area (Å²) in [6, 6.07) is 7.80. The third kappa shape index (κ3) is 4.53. The molecule has 1 heterocycles. The largest absolute Gasteiger partial charge is 0.393 e. The Morgan fingerprint density at radius 3 is 2.82 bits per heavy atom. The smallest absolute Gasteiger partial charge is 0.0583 e. The summed E-state index contributed by atoms with van der Waals surface area (Å²) in [6.45, 7) is 0. The van der Waals surface area contributed by atoms with Crippen LogP contribution in [0.1, 0.15) is 24.8 Å². The molecule has 0 saturated carbocycles. The second-order valence-electron chi connectivity index (χ2n) is 4.78. The third-order valence-electron chi connectivity index (χ3n) is 3.31. The van der Waals surface area contributed by atoms with Gasteiger partial charge in [-0.25, -0.2) is 0 Å². The molecule has 17 heavy (non-hydrogen) atoms. The molecule has 1 unspecified atom stereocenters. The molecule has 0 aliphatic carbocycles. The molecule has 0 spiro atoms. The highest BCUT2D eigenvalue weighted by Crippen LogP contribution is 2.27. The van der Waals surface area contributed by atoms with Gasteiger partial charge in [0.1, 0.15) is 0 Å². The van der Waals surface area contributed by atoms with Gasteiger partial charge in [0.15, 0.2) is 0 Å². The van der Waals surface area contributed by atoms with Crippen LogP contribution in [0.15, 0.2) is 24.3 Å². The molecular formula is C14H19ClOS. The van der Waals surface area contributed by atoms with Gasteiger partial charge >= 0.3 is 0 Å². The number of hydrogen-bond acceptors (Lipinski definition) is 2. The second-order valence-corrected chi connectivity index (χ2v) is 6.44. The first kappa shape index (κ1) is 13.3. The summed E-state index contributed by atoms with van der Waals surface area (Å²) < 4.78 is 0. The minimum absolute atomic E-state index is 0.221. The van der Waals surface area contributed by atoms with Crippen molar-refractivity contribution in [3.05, 3.63) is 34.9 Å². The van der Waals surface area contributed by atoms with E-state index in [1.165, 1.54) is 24.3 Å². The first-order chi connectivity index (χ1) is 8.24. The van der Waals surface area contributed by atoms with Gasteiger partial charge in [0.05, 0.1) is 6.10 Å². The van der Waals surface area contributed by atoms with E-state index in [0.717, 1.165) is 23.4 Å². The van der Waals surface area contributed by atoms with Gasteiger partial charge in [-0.15, -0.1) is 0 Å². The Morgan fingerprint density at radius 2 is 2.12 bits per heavy atom. The second kappa shape index (κ2) is 6.67. The van der Waals surface area contributed by atoms with Crippen molar-refractivity contribution < 1.29 is 5.11 Å². The van der Waals surface area contributed by atoms with E-state index in [9.17, 15) is 5.11 Å². The van der Waals surface area contributed by atoms with E-state index in [0.29, 0.717) is 5.92 Å². The molecule has 0 amide bonds. The van der Waals surface area contributed by atoms with Gasteiger partial charge in [0.25, 0.3) is 0 Å². The van der Waals surface area contributed by atoms with E-state index >= 15 is 0 Å². The summed E-state index contributed by atoms with van der Waals surface area (Å²) >= 11 is 7.97. The highest BCUT2D eigenvalue weighted by Gasteiger charge is 2.17. The molecule has 3 heteroatoms. The van der Waals surface area contributed by atoms with Gasteiger partial charge in [0.2, 0.25) is 0 Å². The van der Waals surface area contributed by atoms with Crippen molar-refractivity contribution in [3.63, 3.8) is 0 Å². The molecule has 1 aromatic carbocycles. The van der Waals surface area contributed by atoms with Crippen LogP contribution in [0.2, 0.25) is 5.02 Å². The molecular weight excluding hydrogens is 252 g/mol. The SMILES string of the molecule is OC(Cc1cccc(Cl)c1)CC1CCSCC1. The van der Waals surface area contributed by atoms with Crippen molar-refractivity contribution in [2.75, 3.05) is 11.5 Å². The van der Waals surface area contributed by atoms with Gasteiger partial charge in [-0.05, 0) is 60.8 Å². The average molecular weight is 271 g/mol. The molecule has 1 N–H and O–H groups in total. The predicted octanol–water partition coefficient (Wildman–Crippen LogP) is 3.78. The zero-order valence-electron chi connectivity index (χ0n) is 9.94. The number of rotatable bonds is 4. The van der Waals surface area contributed by atoms with Crippen LogP contribution >= 0.6 is 23.4 Å². The highest BCUT2D eigenvalue weighted by atomic mass is 35.5. The van der Waals surface area contributed by atoms with Crippen LogP contribution in [-0.2, 0) is 6.42 Å². The number of benzene rings is 1. The number of halogens is 1. The summed E-state index contributed by atoms with van der Waals surface area (Å²) in [7, 11) is 0. The van der Waals surface area contributed by atoms with Gasteiger partial charge in [-0.1, -0.05) is 23.7 Å². The summed E-state index contributed by atoms with van der Waals surface area (Å²) in [6.07, 6.45) is 3.97. The first-order valence-corrected chi connectivity index (χ1v) is 7.77. The van der Waals surface area contributed by atoms with Crippen molar-refractivity contribution >= 4 is 23.4 Å². The van der Waals surface area contributed by atoms with Crippen LogP contribution in [-0.4, -0.2) is 22.7 Å². The number of aliphatic hydroxyl groups excluding tert-OH is 1. The van der Waals surface area contributed by atoms with Gasteiger partial charge < -0.3 is 5.11 Å². The third-order valence-corrected chi connectivity index (χ3v) is 4.59. The van der Waals surface area contributed by atoms with Gasteiger partial charge in [0, 0.05) is 5.02 Å². The van der Waals surface area contributed by atoms with Crippen LogP contribution in [0.25, 0.3) is 0 Å². The van der Waals surface area contributed by atoms with Crippen LogP contribution in [0.4, 0.5) is 0 Å². The molecule has 1 aliphatic heterocycles. The van der Waals surface area contributed by atoms with E-state index in [1.807, 2.05) is 36.0 Å².